The van der Waals surface area contributed by atoms with E-state index in [0.29, 0.717) is 12.3 Å². The summed E-state index contributed by atoms with van der Waals surface area (Å²) in [7, 11) is -2.35. The third kappa shape index (κ3) is 5.24. The molecule has 0 atom stereocenters. The van der Waals surface area contributed by atoms with Crippen LogP contribution in [-0.4, -0.2) is 34.5 Å². The van der Waals surface area contributed by atoms with Gasteiger partial charge >= 0.3 is 0 Å². The standard InChI is InChI=1S/C24H26N2O4S/c1-18-13-14-19(2)23(17-18)30-16-15-25-24(27)21-11-7-8-12-22(21)26(3)31(28,29)20-9-5-4-6-10-20/h4-14,17H,15-16H2,1-3H3,(H,25,27). The molecule has 1 N–H and O–H groups in total. The van der Waals surface area contributed by atoms with Crippen molar-refractivity contribution in [2.45, 2.75) is 18.7 Å². The first-order chi connectivity index (χ1) is 14.8. The van der Waals surface area contributed by atoms with E-state index in [-0.39, 0.29) is 22.9 Å². The summed E-state index contributed by atoms with van der Waals surface area (Å²) in [6, 6.07) is 20.7. The quantitative estimate of drug-likeness (QED) is 0.541. The van der Waals surface area contributed by atoms with E-state index in [1.54, 1.807) is 42.5 Å². The predicted octanol–water partition coefficient (Wildman–Crippen LogP) is 3.94. The van der Waals surface area contributed by atoms with Gasteiger partial charge in [0.1, 0.15) is 12.4 Å². The molecule has 162 valence electrons. The highest BCUT2D eigenvalue weighted by atomic mass is 32.2. The maximum Gasteiger partial charge on any atom is 0.264 e. The van der Waals surface area contributed by atoms with E-state index in [9.17, 15) is 13.2 Å². The molecule has 0 fully saturated rings. The first-order valence-electron chi connectivity index (χ1n) is 9.92. The fourth-order valence-corrected chi connectivity index (χ4v) is 4.34. The maximum absolute atomic E-state index is 13.0. The second-order valence-electron chi connectivity index (χ2n) is 7.18. The molecule has 1 amide bonds. The van der Waals surface area contributed by atoms with E-state index in [0.717, 1.165) is 21.2 Å². The highest BCUT2D eigenvalue weighted by Crippen LogP contribution is 2.25. The summed E-state index contributed by atoms with van der Waals surface area (Å²) in [6.45, 7) is 4.55. The van der Waals surface area contributed by atoms with Gasteiger partial charge in [0.25, 0.3) is 15.9 Å². The van der Waals surface area contributed by atoms with Crippen molar-refractivity contribution in [3.05, 3.63) is 89.5 Å². The van der Waals surface area contributed by atoms with Crippen LogP contribution in [0.5, 0.6) is 5.75 Å². The van der Waals surface area contributed by atoms with Crippen molar-refractivity contribution in [1.29, 1.82) is 0 Å². The number of rotatable bonds is 8. The summed E-state index contributed by atoms with van der Waals surface area (Å²) in [5.41, 5.74) is 2.70. The van der Waals surface area contributed by atoms with Gasteiger partial charge in [0.05, 0.1) is 22.7 Å². The Bertz CT molecular complexity index is 1160. The Balaban J connectivity index is 1.69. The second-order valence-corrected chi connectivity index (χ2v) is 9.15. The minimum Gasteiger partial charge on any atom is -0.491 e. The van der Waals surface area contributed by atoms with Gasteiger partial charge in [-0.05, 0) is 55.3 Å². The number of aryl methyl sites for hydroxylation is 2. The number of anilines is 1. The molecule has 31 heavy (non-hydrogen) atoms. The van der Waals surface area contributed by atoms with Crippen LogP contribution in [-0.2, 0) is 10.0 Å². The van der Waals surface area contributed by atoms with Crippen molar-refractivity contribution in [1.82, 2.24) is 5.32 Å². The first-order valence-corrected chi connectivity index (χ1v) is 11.4. The minimum atomic E-state index is -3.79. The molecule has 0 spiro atoms. The Hall–Kier alpha value is -3.32. The molecule has 3 aromatic carbocycles. The van der Waals surface area contributed by atoms with Crippen molar-refractivity contribution in [2.24, 2.45) is 0 Å². The SMILES string of the molecule is Cc1ccc(C)c(OCCNC(=O)c2ccccc2N(C)S(=O)(=O)c2ccccc2)c1. The van der Waals surface area contributed by atoms with Crippen LogP contribution in [0.25, 0.3) is 0 Å². The molecule has 0 radical (unpaired) electrons. The topological polar surface area (TPSA) is 75.7 Å². The van der Waals surface area contributed by atoms with E-state index >= 15 is 0 Å². The summed E-state index contributed by atoms with van der Waals surface area (Å²) in [5, 5.41) is 2.80. The zero-order valence-electron chi connectivity index (χ0n) is 17.8. The van der Waals surface area contributed by atoms with E-state index in [4.69, 9.17) is 4.74 Å². The maximum atomic E-state index is 13.0. The number of nitrogens with one attached hydrogen (secondary N) is 1. The monoisotopic (exact) mass is 438 g/mol. The Morgan fingerprint density at radius 3 is 2.39 bits per heavy atom. The van der Waals surface area contributed by atoms with Crippen molar-refractivity contribution < 1.29 is 17.9 Å². The Kier molecular flexibility index (Phi) is 6.97. The minimum absolute atomic E-state index is 0.162. The van der Waals surface area contributed by atoms with Gasteiger partial charge in [-0.15, -0.1) is 0 Å². The molecule has 3 rings (SSSR count). The van der Waals surface area contributed by atoms with Crippen LogP contribution < -0.4 is 14.4 Å². The molecule has 0 aliphatic carbocycles. The molecule has 0 saturated heterocycles. The molecule has 0 bridgehead atoms. The Labute approximate surface area is 183 Å². The van der Waals surface area contributed by atoms with Crippen LogP contribution in [0.1, 0.15) is 21.5 Å². The molecule has 0 aromatic heterocycles. The van der Waals surface area contributed by atoms with Gasteiger partial charge in [0.2, 0.25) is 0 Å². The summed E-state index contributed by atoms with van der Waals surface area (Å²) in [4.78, 5) is 12.9. The fourth-order valence-electron chi connectivity index (χ4n) is 3.10. The molecular formula is C24H26N2O4S. The number of carbonyl (C=O) groups is 1. The Morgan fingerprint density at radius 1 is 0.968 bits per heavy atom. The van der Waals surface area contributed by atoms with Gasteiger partial charge in [-0.3, -0.25) is 9.10 Å². The number of benzene rings is 3. The van der Waals surface area contributed by atoms with Crippen molar-refractivity contribution in [3.63, 3.8) is 0 Å². The zero-order valence-corrected chi connectivity index (χ0v) is 18.6. The number of ether oxygens (including phenoxy) is 1. The molecule has 6 nitrogen and oxygen atoms in total. The van der Waals surface area contributed by atoms with Crippen molar-refractivity contribution >= 4 is 21.6 Å². The van der Waals surface area contributed by atoms with Crippen molar-refractivity contribution in [3.8, 4) is 5.75 Å². The molecule has 0 aliphatic heterocycles. The molecule has 3 aromatic rings. The molecular weight excluding hydrogens is 412 g/mol. The average molecular weight is 439 g/mol. The predicted molar refractivity (Wildman–Crippen MR) is 122 cm³/mol. The third-order valence-corrected chi connectivity index (χ3v) is 6.66. The molecule has 0 heterocycles. The van der Waals surface area contributed by atoms with Crippen LogP contribution in [0.2, 0.25) is 0 Å². The number of nitrogens with zero attached hydrogens (tertiary/aromatic N) is 1. The summed E-state index contributed by atoms with van der Waals surface area (Å²) in [5.74, 6) is 0.415. The third-order valence-electron chi connectivity index (χ3n) is 4.88. The van der Waals surface area contributed by atoms with Crippen LogP contribution in [0.4, 0.5) is 5.69 Å². The number of amides is 1. The van der Waals surface area contributed by atoms with Gasteiger partial charge in [-0.2, -0.15) is 0 Å². The number of sulfonamides is 1. The normalized spacial score (nSPS) is 11.1. The largest absolute Gasteiger partial charge is 0.491 e. The van der Waals surface area contributed by atoms with Gasteiger partial charge < -0.3 is 10.1 Å². The lowest BCUT2D eigenvalue weighted by Gasteiger charge is -2.22. The van der Waals surface area contributed by atoms with Crippen LogP contribution in [0, 0.1) is 13.8 Å². The summed E-state index contributed by atoms with van der Waals surface area (Å²) < 4.78 is 32.8. The van der Waals surface area contributed by atoms with E-state index in [1.807, 2.05) is 32.0 Å². The average Bonchev–Trinajstić information content (AvgIpc) is 2.78. The lowest BCUT2D eigenvalue weighted by atomic mass is 10.1. The van der Waals surface area contributed by atoms with E-state index in [2.05, 4.69) is 5.32 Å². The van der Waals surface area contributed by atoms with Gasteiger partial charge in [-0.1, -0.05) is 42.5 Å². The Morgan fingerprint density at radius 2 is 1.65 bits per heavy atom. The van der Waals surface area contributed by atoms with Gasteiger partial charge in [0.15, 0.2) is 0 Å². The number of carbonyl (C=O) groups excluding carboxylic acids is 1. The fraction of sp³-hybridized carbons (Fsp3) is 0.208. The smallest absolute Gasteiger partial charge is 0.264 e. The number of hydrogen-bond donors (Lipinski definition) is 1. The highest BCUT2D eigenvalue weighted by molar-refractivity contribution is 7.92. The lowest BCUT2D eigenvalue weighted by Crippen LogP contribution is -2.32. The molecule has 0 aliphatic rings. The van der Waals surface area contributed by atoms with Crippen molar-refractivity contribution in [2.75, 3.05) is 24.5 Å². The van der Waals surface area contributed by atoms with Gasteiger partial charge in [-0.25, -0.2) is 8.42 Å². The molecule has 0 unspecified atom stereocenters. The molecule has 7 heteroatoms. The van der Waals surface area contributed by atoms with Crippen LogP contribution >= 0.6 is 0 Å². The van der Waals surface area contributed by atoms with E-state index in [1.165, 1.54) is 19.2 Å². The molecule has 0 saturated carbocycles. The number of para-hydroxylation sites is 1. The van der Waals surface area contributed by atoms with Gasteiger partial charge in [0, 0.05) is 7.05 Å². The van der Waals surface area contributed by atoms with E-state index < -0.39 is 10.0 Å². The zero-order chi connectivity index (χ0) is 22.4. The first kappa shape index (κ1) is 22.4. The number of hydrogen-bond acceptors (Lipinski definition) is 4. The highest BCUT2D eigenvalue weighted by Gasteiger charge is 2.24. The second kappa shape index (κ2) is 9.66. The lowest BCUT2D eigenvalue weighted by molar-refractivity contribution is 0.0947. The van der Waals surface area contributed by atoms with Crippen LogP contribution in [0.15, 0.2) is 77.7 Å². The van der Waals surface area contributed by atoms with Crippen LogP contribution in [0.3, 0.4) is 0 Å². The summed E-state index contributed by atoms with van der Waals surface area (Å²) in [6.07, 6.45) is 0. The summed E-state index contributed by atoms with van der Waals surface area (Å²) >= 11 is 0.